The molecule has 0 amide bonds. The van der Waals surface area contributed by atoms with Crippen molar-refractivity contribution in [2.75, 3.05) is 5.43 Å². The Bertz CT molecular complexity index is 885. The molecule has 0 radical (unpaired) electrons. The van der Waals surface area contributed by atoms with Crippen LogP contribution in [0.15, 0.2) is 55.2 Å². The summed E-state index contributed by atoms with van der Waals surface area (Å²) >= 11 is 10.3. The van der Waals surface area contributed by atoms with Gasteiger partial charge in [0.15, 0.2) is 5.82 Å². The van der Waals surface area contributed by atoms with Crippen molar-refractivity contribution in [2.24, 2.45) is 0 Å². The molecular formula is C14H8Br2N4S2. The Balaban J connectivity index is 1.75. The van der Waals surface area contributed by atoms with Crippen molar-refractivity contribution in [1.29, 1.82) is 0 Å². The highest BCUT2D eigenvalue weighted by atomic mass is 79.9. The molecule has 0 fully saturated rings. The molecule has 8 heteroatoms. The van der Waals surface area contributed by atoms with E-state index in [1.54, 1.807) is 23.1 Å². The molecule has 0 spiro atoms. The van der Waals surface area contributed by atoms with E-state index in [1.165, 1.54) is 0 Å². The standard InChI is InChI=1S/C14H8Br2N4S2/c15-9-4-2-1-3-8(9)13-17-18-14-20(13)19-10(7-21-14)11-5-6-12(16)22-11/h1-7,19H. The summed E-state index contributed by atoms with van der Waals surface area (Å²) in [5.74, 6) is 0.788. The van der Waals surface area contributed by atoms with Gasteiger partial charge in [-0.3, -0.25) is 5.43 Å². The minimum absolute atomic E-state index is 0.788. The highest BCUT2D eigenvalue weighted by Crippen LogP contribution is 2.36. The summed E-state index contributed by atoms with van der Waals surface area (Å²) < 4.78 is 4.02. The van der Waals surface area contributed by atoms with Crippen molar-refractivity contribution >= 4 is 60.7 Å². The molecule has 0 atom stereocenters. The fourth-order valence-corrected chi connectivity index (χ4v) is 4.71. The van der Waals surface area contributed by atoms with Gasteiger partial charge in [0.25, 0.3) is 0 Å². The van der Waals surface area contributed by atoms with Gasteiger partial charge in [-0.05, 0) is 40.2 Å². The van der Waals surface area contributed by atoms with E-state index in [4.69, 9.17) is 0 Å². The molecule has 2 aromatic heterocycles. The Morgan fingerprint density at radius 3 is 2.68 bits per heavy atom. The van der Waals surface area contributed by atoms with Crippen molar-refractivity contribution in [3.05, 3.63) is 54.9 Å². The van der Waals surface area contributed by atoms with Crippen molar-refractivity contribution in [1.82, 2.24) is 14.9 Å². The van der Waals surface area contributed by atoms with Crippen LogP contribution in [-0.2, 0) is 0 Å². The smallest absolute Gasteiger partial charge is 0.214 e. The molecular weight excluding hydrogens is 448 g/mol. The predicted molar refractivity (Wildman–Crippen MR) is 98.4 cm³/mol. The quantitative estimate of drug-likeness (QED) is 0.578. The zero-order valence-electron chi connectivity index (χ0n) is 11.0. The third-order valence-electron chi connectivity index (χ3n) is 3.10. The highest BCUT2D eigenvalue weighted by Gasteiger charge is 2.21. The molecule has 1 aliphatic heterocycles. The third kappa shape index (κ3) is 2.54. The lowest BCUT2D eigenvalue weighted by atomic mass is 10.2. The van der Waals surface area contributed by atoms with Gasteiger partial charge in [0.2, 0.25) is 5.16 Å². The van der Waals surface area contributed by atoms with Crippen LogP contribution in [0.25, 0.3) is 17.1 Å². The van der Waals surface area contributed by atoms with E-state index in [0.717, 1.165) is 35.4 Å². The third-order valence-corrected chi connectivity index (χ3v) is 6.28. The number of nitrogens with zero attached hydrogens (tertiary/aromatic N) is 3. The Morgan fingerprint density at radius 1 is 1.05 bits per heavy atom. The number of benzene rings is 1. The number of thioether (sulfide) groups is 1. The zero-order valence-corrected chi connectivity index (χ0v) is 15.8. The van der Waals surface area contributed by atoms with Crippen LogP contribution in [0.3, 0.4) is 0 Å². The van der Waals surface area contributed by atoms with Crippen LogP contribution in [0.2, 0.25) is 0 Å². The molecule has 0 saturated heterocycles. The molecule has 3 aromatic rings. The summed E-state index contributed by atoms with van der Waals surface area (Å²) in [6.07, 6.45) is 0. The largest absolute Gasteiger partial charge is 0.288 e. The lowest BCUT2D eigenvalue weighted by molar-refractivity contribution is 0.826. The van der Waals surface area contributed by atoms with Crippen LogP contribution in [0.1, 0.15) is 4.88 Å². The first-order chi connectivity index (χ1) is 10.7. The van der Waals surface area contributed by atoms with Gasteiger partial charge in [0.05, 0.1) is 14.4 Å². The van der Waals surface area contributed by atoms with Crippen LogP contribution < -0.4 is 5.43 Å². The van der Waals surface area contributed by atoms with Gasteiger partial charge in [-0.25, -0.2) is 4.68 Å². The Labute approximate surface area is 151 Å². The van der Waals surface area contributed by atoms with Gasteiger partial charge >= 0.3 is 0 Å². The molecule has 1 N–H and O–H groups in total. The number of hydrogen-bond donors (Lipinski definition) is 1. The fraction of sp³-hybridized carbons (Fsp3) is 0. The van der Waals surface area contributed by atoms with Crippen LogP contribution in [0, 0.1) is 0 Å². The molecule has 0 bridgehead atoms. The number of nitrogens with one attached hydrogen (secondary N) is 1. The first-order valence-corrected chi connectivity index (χ1v) is 9.60. The van der Waals surface area contributed by atoms with E-state index in [9.17, 15) is 0 Å². The molecule has 3 heterocycles. The average molecular weight is 456 g/mol. The van der Waals surface area contributed by atoms with E-state index in [2.05, 4.69) is 59.0 Å². The SMILES string of the molecule is Brc1ccc(C2=CSc3nnc(-c4ccccc4Br)n3N2)s1. The second kappa shape index (κ2) is 5.84. The Kier molecular flexibility index (Phi) is 3.85. The van der Waals surface area contributed by atoms with E-state index >= 15 is 0 Å². The molecule has 1 aromatic carbocycles. The number of hydrogen-bond acceptors (Lipinski definition) is 5. The van der Waals surface area contributed by atoms with E-state index in [-0.39, 0.29) is 0 Å². The monoisotopic (exact) mass is 454 g/mol. The van der Waals surface area contributed by atoms with Gasteiger partial charge in [0.1, 0.15) is 0 Å². The topological polar surface area (TPSA) is 42.7 Å². The second-order valence-corrected chi connectivity index (χ2v) is 8.64. The second-order valence-electron chi connectivity index (χ2n) is 4.49. The minimum atomic E-state index is 0.788. The van der Waals surface area contributed by atoms with Crippen molar-refractivity contribution < 1.29 is 0 Å². The maximum Gasteiger partial charge on any atom is 0.214 e. The van der Waals surface area contributed by atoms with E-state index in [1.807, 2.05) is 35.0 Å². The summed E-state index contributed by atoms with van der Waals surface area (Å²) in [6.45, 7) is 0. The summed E-state index contributed by atoms with van der Waals surface area (Å²) in [5, 5.41) is 11.5. The first-order valence-electron chi connectivity index (χ1n) is 6.32. The summed E-state index contributed by atoms with van der Waals surface area (Å²) in [7, 11) is 0. The number of fused-ring (bicyclic) bond motifs is 1. The number of halogens is 2. The molecule has 4 rings (SSSR count). The average Bonchev–Trinajstić information content (AvgIpc) is 3.13. The Morgan fingerprint density at radius 2 is 1.91 bits per heavy atom. The summed E-state index contributed by atoms with van der Waals surface area (Å²) in [6, 6.07) is 12.1. The summed E-state index contributed by atoms with van der Waals surface area (Å²) in [4.78, 5) is 1.16. The first kappa shape index (κ1) is 14.5. The normalized spacial score (nSPS) is 13.5. The van der Waals surface area contributed by atoms with Gasteiger partial charge in [-0.2, -0.15) is 0 Å². The molecule has 0 saturated carbocycles. The van der Waals surface area contributed by atoms with Gasteiger partial charge in [-0.1, -0.05) is 39.8 Å². The lowest BCUT2D eigenvalue weighted by Gasteiger charge is -2.18. The van der Waals surface area contributed by atoms with E-state index < -0.39 is 0 Å². The van der Waals surface area contributed by atoms with E-state index in [0.29, 0.717) is 0 Å². The summed E-state index contributed by atoms with van der Waals surface area (Å²) in [5.41, 5.74) is 5.45. The van der Waals surface area contributed by atoms with Crippen LogP contribution >= 0.6 is 55.0 Å². The number of aromatic nitrogens is 3. The predicted octanol–water partition coefficient (Wildman–Crippen LogP) is 5.18. The fourth-order valence-electron chi connectivity index (χ4n) is 2.09. The van der Waals surface area contributed by atoms with Crippen LogP contribution in [0.4, 0.5) is 0 Å². The van der Waals surface area contributed by atoms with Crippen LogP contribution in [0.5, 0.6) is 0 Å². The Hall–Kier alpha value is -1.09. The molecule has 1 aliphatic rings. The van der Waals surface area contributed by atoms with Gasteiger partial charge in [0, 0.05) is 15.4 Å². The molecule has 0 unspecified atom stereocenters. The van der Waals surface area contributed by atoms with Crippen molar-refractivity contribution in [3.63, 3.8) is 0 Å². The highest BCUT2D eigenvalue weighted by molar-refractivity contribution is 9.11. The minimum Gasteiger partial charge on any atom is -0.288 e. The van der Waals surface area contributed by atoms with Crippen molar-refractivity contribution in [3.8, 4) is 11.4 Å². The molecule has 110 valence electrons. The van der Waals surface area contributed by atoms with Crippen molar-refractivity contribution in [2.45, 2.75) is 5.16 Å². The lowest BCUT2D eigenvalue weighted by Crippen LogP contribution is -2.17. The maximum absolute atomic E-state index is 4.32. The molecule has 4 nitrogen and oxygen atoms in total. The van der Waals surface area contributed by atoms with Gasteiger partial charge in [-0.15, -0.1) is 21.5 Å². The zero-order chi connectivity index (χ0) is 15.1. The van der Waals surface area contributed by atoms with Crippen LogP contribution in [-0.4, -0.2) is 14.9 Å². The maximum atomic E-state index is 4.32. The number of rotatable bonds is 2. The van der Waals surface area contributed by atoms with Gasteiger partial charge < -0.3 is 0 Å². The molecule has 0 aliphatic carbocycles. The molecule has 22 heavy (non-hydrogen) atoms. The number of thiophene rings is 1.